The fourth-order valence-electron chi connectivity index (χ4n) is 1.39. The van der Waals surface area contributed by atoms with E-state index in [9.17, 15) is 0 Å². The Balaban J connectivity index is 1.86. The number of ether oxygens (including phenoxy) is 1. The number of aromatic nitrogens is 1. The maximum Gasteiger partial charge on any atom is 0.183 e. The van der Waals surface area contributed by atoms with Crippen LogP contribution in [0, 0.1) is 0 Å². The minimum Gasteiger partial charge on any atom is -0.491 e. The second kappa shape index (κ2) is 6.58. The van der Waals surface area contributed by atoms with Crippen molar-refractivity contribution in [2.24, 2.45) is 0 Å². The minimum atomic E-state index is 0.0200. The molecule has 0 fully saturated rings. The van der Waals surface area contributed by atoms with Gasteiger partial charge in [-0.05, 0) is 24.3 Å². The minimum absolute atomic E-state index is 0.0200. The van der Waals surface area contributed by atoms with E-state index < -0.39 is 0 Å². The average molecular weight is 285 g/mol. The van der Waals surface area contributed by atoms with Crippen LogP contribution in [0.25, 0.3) is 0 Å². The molecule has 0 spiro atoms. The first-order chi connectivity index (χ1) is 8.78. The third-order valence-corrected chi connectivity index (χ3v) is 3.32. The van der Waals surface area contributed by atoms with Crippen molar-refractivity contribution in [3.8, 4) is 5.75 Å². The fraction of sp³-hybridized carbons (Fsp3) is 0.250. The van der Waals surface area contributed by atoms with E-state index >= 15 is 0 Å². The van der Waals surface area contributed by atoms with E-state index in [2.05, 4.69) is 10.3 Å². The number of hydrogen-bond donors (Lipinski definition) is 2. The van der Waals surface area contributed by atoms with Crippen molar-refractivity contribution in [3.63, 3.8) is 0 Å². The summed E-state index contributed by atoms with van der Waals surface area (Å²) in [5.74, 6) is 0.746. The molecular weight excluding hydrogens is 272 g/mol. The molecule has 2 aromatic rings. The molecule has 0 bridgehead atoms. The lowest BCUT2D eigenvalue weighted by Crippen LogP contribution is -2.02. The second-order valence-corrected chi connectivity index (χ2v) is 5.23. The fourth-order valence-corrected chi connectivity index (χ4v) is 2.30. The Morgan fingerprint density at radius 1 is 1.33 bits per heavy atom. The zero-order chi connectivity index (χ0) is 12.8. The Bertz CT molecular complexity index is 487. The SMILES string of the molecule is OCCOc1ccc(NCc2cnc(Cl)s2)cc1. The maximum atomic E-state index is 8.64. The van der Waals surface area contributed by atoms with Crippen LogP contribution in [0.2, 0.25) is 4.47 Å². The van der Waals surface area contributed by atoms with Crippen LogP contribution < -0.4 is 10.1 Å². The molecule has 0 aliphatic carbocycles. The summed E-state index contributed by atoms with van der Waals surface area (Å²) in [7, 11) is 0. The van der Waals surface area contributed by atoms with Gasteiger partial charge < -0.3 is 15.2 Å². The van der Waals surface area contributed by atoms with Crippen LogP contribution in [0.4, 0.5) is 5.69 Å². The van der Waals surface area contributed by atoms with Gasteiger partial charge in [0, 0.05) is 16.8 Å². The monoisotopic (exact) mass is 284 g/mol. The molecule has 0 unspecified atom stereocenters. The molecule has 6 heteroatoms. The van der Waals surface area contributed by atoms with Crippen LogP contribution >= 0.6 is 22.9 Å². The van der Waals surface area contributed by atoms with Gasteiger partial charge in [-0.15, -0.1) is 11.3 Å². The molecule has 96 valence electrons. The highest BCUT2D eigenvalue weighted by atomic mass is 35.5. The van der Waals surface area contributed by atoms with E-state index in [0.29, 0.717) is 17.6 Å². The summed E-state index contributed by atoms with van der Waals surface area (Å²) in [5.41, 5.74) is 0.996. The molecule has 1 aromatic carbocycles. The zero-order valence-corrected chi connectivity index (χ0v) is 11.2. The molecule has 1 heterocycles. The van der Waals surface area contributed by atoms with Gasteiger partial charge in [0.05, 0.1) is 13.2 Å². The van der Waals surface area contributed by atoms with Gasteiger partial charge in [-0.1, -0.05) is 11.6 Å². The Labute approximate surface area is 114 Å². The molecule has 2 N–H and O–H groups in total. The number of benzene rings is 1. The van der Waals surface area contributed by atoms with Crippen LogP contribution in [0.15, 0.2) is 30.5 Å². The summed E-state index contributed by atoms with van der Waals surface area (Å²) < 4.78 is 5.83. The number of aliphatic hydroxyl groups is 1. The van der Waals surface area contributed by atoms with Crippen molar-refractivity contribution in [1.29, 1.82) is 0 Å². The average Bonchev–Trinajstić information content (AvgIpc) is 2.81. The van der Waals surface area contributed by atoms with Crippen molar-refractivity contribution >= 4 is 28.6 Å². The van der Waals surface area contributed by atoms with Crippen molar-refractivity contribution in [2.45, 2.75) is 6.54 Å². The van der Waals surface area contributed by atoms with E-state index in [1.165, 1.54) is 11.3 Å². The molecule has 0 atom stereocenters. The molecule has 0 saturated carbocycles. The molecule has 0 saturated heterocycles. The van der Waals surface area contributed by atoms with Gasteiger partial charge in [0.1, 0.15) is 12.4 Å². The number of aliphatic hydroxyl groups excluding tert-OH is 1. The molecule has 1 aromatic heterocycles. The predicted molar refractivity (Wildman–Crippen MR) is 73.5 cm³/mol. The third kappa shape index (κ3) is 3.87. The van der Waals surface area contributed by atoms with Gasteiger partial charge in [0.2, 0.25) is 0 Å². The normalized spacial score (nSPS) is 10.3. The summed E-state index contributed by atoms with van der Waals surface area (Å²) in [6, 6.07) is 7.57. The highest BCUT2D eigenvalue weighted by Crippen LogP contribution is 2.20. The Morgan fingerprint density at radius 2 is 2.11 bits per heavy atom. The molecule has 0 aliphatic heterocycles. The first-order valence-corrected chi connectivity index (χ1v) is 6.65. The van der Waals surface area contributed by atoms with E-state index in [1.54, 1.807) is 6.20 Å². The number of anilines is 1. The highest BCUT2D eigenvalue weighted by Gasteiger charge is 2.00. The lowest BCUT2D eigenvalue weighted by Gasteiger charge is -2.07. The number of rotatable bonds is 6. The largest absolute Gasteiger partial charge is 0.491 e. The summed E-state index contributed by atoms with van der Waals surface area (Å²) >= 11 is 7.21. The highest BCUT2D eigenvalue weighted by molar-refractivity contribution is 7.15. The quantitative estimate of drug-likeness (QED) is 0.856. The van der Waals surface area contributed by atoms with Gasteiger partial charge in [0.25, 0.3) is 0 Å². The number of halogens is 1. The third-order valence-electron chi connectivity index (χ3n) is 2.21. The van der Waals surface area contributed by atoms with Gasteiger partial charge in [-0.2, -0.15) is 0 Å². The summed E-state index contributed by atoms with van der Waals surface area (Å²) in [5, 5.41) is 11.9. The van der Waals surface area contributed by atoms with E-state index in [0.717, 1.165) is 16.3 Å². The molecule has 18 heavy (non-hydrogen) atoms. The van der Waals surface area contributed by atoms with Crippen LogP contribution in [0.1, 0.15) is 4.88 Å². The van der Waals surface area contributed by atoms with E-state index in [4.69, 9.17) is 21.4 Å². The zero-order valence-electron chi connectivity index (χ0n) is 9.60. The standard InChI is InChI=1S/C12H13ClN2O2S/c13-12-15-8-11(18-12)7-14-9-1-3-10(4-2-9)17-6-5-16/h1-4,8,14,16H,5-7H2. The lowest BCUT2D eigenvalue weighted by atomic mass is 10.3. The van der Waals surface area contributed by atoms with Crippen LogP contribution in [0.3, 0.4) is 0 Å². The Kier molecular flexibility index (Phi) is 4.81. The predicted octanol–water partition coefficient (Wildman–Crippen LogP) is 2.78. The lowest BCUT2D eigenvalue weighted by molar-refractivity contribution is 0.201. The smallest absolute Gasteiger partial charge is 0.183 e. The number of nitrogens with one attached hydrogen (secondary N) is 1. The summed E-state index contributed by atoms with van der Waals surface area (Å²) in [6.45, 7) is 1.03. The van der Waals surface area contributed by atoms with Crippen LogP contribution in [-0.4, -0.2) is 23.3 Å². The molecule has 2 rings (SSSR count). The van der Waals surface area contributed by atoms with Gasteiger partial charge in [-0.25, -0.2) is 4.98 Å². The number of thiazole rings is 1. The van der Waals surface area contributed by atoms with Crippen molar-refractivity contribution in [3.05, 3.63) is 39.8 Å². The molecule has 0 aliphatic rings. The maximum absolute atomic E-state index is 8.64. The van der Waals surface area contributed by atoms with Crippen molar-refractivity contribution < 1.29 is 9.84 Å². The summed E-state index contributed by atoms with van der Waals surface area (Å²) in [6.07, 6.45) is 1.76. The number of hydrogen-bond acceptors (Lipinski definition) is 5. The first kappa shape index (κ1) is 13.1. The van der Waals surface area contributed by atoms with Gasteiger partial charge >= 0.3 is 0 Å². The topological polar surface area (TPSA) is 54.4 Å². The van der Waals surface area contributed by atoms with Crippen molar-refractivity contribution in [2.75, 3.05) is 18.5 Å². The van der Waals surface area contributed by atoms with E-state index in [-0.39, 0.29) is 6.61 Å². The molecular formula is C12H13ClN2O2S. The van der Waals surface area contributed by atoms with Gasteiger partial charge in [-0.3, -0.25) is 0 Å². The van der Waals surface area contributed by atoms with Crippen LogP contribution in [0.5, 0.6) is 5.75 Å². The number of nitrogens with zero attached hydrogens (tertiary/aromatic N) is 1. The molecule has 0 amide bonds. The van der Waals surface area contributed by atoms with Crippen LogP contribution in [-0.2, 0) is 6.54 Å². The first-order valence-electron chi connectivity index (χ1n) is 5.46. The van der Waals surface area contributed by atoms with E-state index in [1.807, 2.05) is 24.3 Å². The molecule has 0 radical (unpaired) electrons. The summed E-state index contributed by atoms with van der Waals surface area (Å²) in [4.78, 5) is 5.06. The Hall–Kier alpha value is -1.30. The second-order valence-electron chi connectivity index (χ2n) is 3.53. The van der Waals surface area contributed by atoms with Crippen molar-refractivity contribution in [1.82, 2.24) is 4.98 Å². The Morgan fingerprint density at radius 3 is 2.72 bits per heavy atom. The van der Waals surface area contributed by atoms with Gasteiger partial charge in [0.15, 0.2) is 4.47 Å². The molecule has 4 nitrogen and oxygen atoms in total.